The lowest BCUT2D eigenvalue weighted by atomic mass is 10.2. The molecule has 0 aliphatic rings. The molecule has 2 aromatic carbocycles. The van der Waals surface area contributed by atoms with E-state index in [0.717, 1.165) is 6.07 Å². The number of carbonyl (C=O) groups excluding carboxylic acids is 3. The summed E-state index contributed by atoms with van der Waals surface area (Å²) in [5, 5.41) is 2.09. The Bertz CT molecular complexity index is 733. The number of imide groups is 1. The highest BCUT2D eigenvalue weighted by Crippen LogP contribution is 2.11. The Morgan fingerprint density at radius 1 is 0.958 bits per heavy atom. The Morgan fingerprint density at radius 2 is 1.71 bits per heavy atom. The van der Waals surface area contributed by atoms with Crippen LogP contribution in [0.4, 0.5) is 4.39 Å². The highest BCUT2D eigenvalue weighted by molar-refractivity contribution is 6.05. The fraction of sp³-hybridized carbons (Fsp3) is 0.118. The molecule has 1 N–H and O–H groups in total. The molecule has 2 aromatic rings. The smallest absolute Gasteiger partial charge is 0.344 e. The number of amides is 2. The highest BCUT2D eigenvalue weighted by Gasteiger charge is 2.12. The van der Waals surface area contributed by atoms with E-state index in [1.165, 1.54) is 18.2 Å². The van der Waals surface area contributed by atoms with Crippen LogP contribution < -0.4 is 10.1 Å². The van der Waals surface area contributed by atoms with Crippen LogP contribution in [0.3, 0.4) is 0 Å². The standard InChI is InChI=1S/C17H14FNO5/c18-13-7-4-8-14(9-13)23-11-16(21)24-10-15(20)19-17(22)12-5-2-1-3-6-12/h1-9H,10-11H2,(H,19,20,22). The van der Waals surface area contributed by atoms with Crippen LogP contribution >= 0.6 is 0 Å². The Morgan fingerprint density at radius 3 is 2.42 bits per heavy atom. The fourth-order valence-electron chi connectivity index (χ4n) is 1.71. The Balaban J connectivity index is 1.71. The lowest BCUT2D eigenvalue weighted by molar-refractivity contribution is -0.150. The molecule has 7 heteroatoms. The van der Waals surface area contributed by atoms with Crippen molar-refractivity contribution in [2.24, 2.45) is 0 Å². The topological polar surface area (TPSA) is 81.7 Å². The molecule has 0 aromatic heterocycles. The molecule has 2 amide bonds. The van der Waals surface area contributed by atoms with E-state index < -0.39 is 36.8 Å². The van der Waals surface area contributed by atoms with Crippen LogP contribution in [-0.4, -0.2) is 31.0 Å². The highest BCUT2D eigenvalue weighted by atomic mass is 19.1. The van der Waals surface area contributed by atoms with Gasteiger partial charge in [-0.05, 0) is 24.3 Å². The second-order valence-electron chi connectivity index (χ2n) is 4.65. The molecule has 0 saturated carbocycles. The molecule has 0 fully saturated rings. The van der Waals surface area contributed by atoms with E-state index in [-0.39, 0.29) is 5.75 Å². The monoisotopic (exact) mass is 331 g/mol. The average Bonchev–Trinajstić information content (AvgIpc) is 2.59. The molecule has 0 unspecified atom stereocenters. The number of hydrogen-bond acceptors (Lipinski definition) is 5. The molecule has 0 atom stereocenters. The van der Waals surface area contributed by atoms with Gasteiger partial charge in [0.1, 0.15) is 11.6 Å². The Kier molecular flexibility index (Phi) is 6.01. The Labute approximate surface area is 137 Å². The first kappa shape index (κ1) is 17.1. The fourth-order valence-corrected chi connectivity index (χ4v) is 1.71. The maximum absolute atomic E-state index is 12.9. The molecule has 2 rings (SSSR count). The third-order valence-electron chi connectivity index (χ3n) is 2.81. The summed E-state index contributed by atoms with van der Waals surface area (Å²) in [7, 11) is 0. The van der Waals surface area contributed by atoms with Gasteiger partial charge in [-0.2, -0.15) is 0 Å². The van der Waals surface area contributed by atoms with Crippen molar-refractivity contribution in [3.63, 3.8) is 0 Å². The summed E-state index contributed by atoms with van der Waals surface area (Å²) in [6, 6.07) is 13.4. The van der Waals surface area contributed by atoms with Gasteiger partial charge in [0, 0.05) is 11.6 Å². The number of benzene rings is 2. The lowest BCUT2D eigenvalue weighted by Crippen LogP contribution is -2.34. The molecule has 0 bridgehead atoms. The van der Waals surface area contributed by atoms with E-state index in [0.29, 0.717) is 5.56 Å². The van der Waals surface area contributed by atoms with Gasteiger partial charge in [0.05, 0.1) is 0 Å². The zero-order valence-corrected chi connectivity index (χ0v) is 12.5. The number of nitrogens with one attached hydrogen (secondary N) is 1. The van der Waals surface area contributed by atoms with Crippen LogP contribution in [0.5, 0.6) is 5.75 Å². The van der Waals surface area contributed by atoms with Gasteiger partial charge in [0.2, 0.25) is 0 Å². The summed E-state index contributed by atoms with van der Waals surface area (Å²) >= 11 is 0. The van der Waals surface area contributed by atoms with E-state index in [2.05, 4.69) is 10.1 Å². The second-order valence-corrected chi connectivity index (χ2v) is 4.65. The first-order chi connectivity index (χ1) is 11.5. The van der Waals surface area contributed by atoms with E-state index in [9.17, 15) is 18.8 Å². The first-order valence-electron chi connectivity index (χ1n) is 6.98. The van der Waals surface area contributed by atoms with Gasteiger partial charge in [-0.3, -0.25) is 14.9 Å². The third-order valence-corrected chi connectivity index (χ3v) is 2.81. The normalized spacial score (nSPS) is 9.88. The summed E-state index contributed by atoms with van der Waals surface area (Å²) in [5.74, 6) is -2.51. The average molecular weight is 331 g/mol. The minimum absolute atomic E-state index is 0.163. The predicted octanol–water partition coefficient (Wildman–Crippen LogP) is 1.70. The molecular formula is C17H14FNO5. The maximum atomic E-state index is 12.9. The SMILES string of the molecule is O=C(COC(=O)COc1cccc(F)c1)NC(=O)c1ccccc1. The van der Waals surface area contributed by atoms with Gasteiger partial charge in [-0.15, -0.1) is 0 Å². The quantitative estimate of drug-likeness (QED) is 0.815. The first-order valence-corrected chi connectivity index (χ1v) is 6.98. The molecule has 0 aliphatic heterocycles. The van der Waals surface area contributed by atoms with Crippen LogP contribution in [0, 0.1) is 5.82 Å². The number of hydrogen-bond donors (Lipinski definition) is 1. The summed E-state index contributed by atoms with van der Waals surface area (Å²) in [5.41, 5.74) is 0.312. The zero-order valence-electron chi connectivity index (χ0n) is 12.5. The van der Waals surface area contributed by atoms with Crippen LogP contribution in [-0.2, 0) is 14.3 Å². The van der Waals surface area contributed by atoms with Crippen molar-refractivity contribution in [3.05, 3.63) is 66.0 Å². The van der Waals surface area contributed by atoms with E-state index in [1.807, 2.05) is 0 Å². The number of halogens is 1. The summed E-state index contributed by atoms with van der Waals surface area (Å²) in [4.78, 5) is 34.7. The van der Waals surface area contributed by atoms with Gasteiger partial charge in [-0.1, -0.05) is 24.3 Å². The molecular weight excluding hydrogens is 317 g/mol. The minimum atomic E-state index is -0.818. The zero-order chi connectivity index (χ0) is 17.4. The summed E-state index contributed by atoms with van der Waals surface area (Å²) < 4.78 is 22.6. The molecule has 0 saturated heterocycles. The van der Waals surface area contributed by atoms with Gasteiger partial charge >= 0.3 is 5.97 Å². The summed E-state index contributed by atoms with van der Waals surface area (Å²) in [6.45, 7) is -1.10. The molecule has 0 spiro atoms. The van der Waals surface area contributed by atoms with Gasteiger partial charge < -0.3 is 9.47 Å². The van der Waals surface area contributed by atoms with Crippen LogP contribution in [0.15, 0.2) is 54.6 Å². The van der Waals surface area contributed by atoms with E-state index in [4.69, 9.17) is 4.74 Å². The summed E-state index contributed by atoms with van der Waals surface area (Å²) in [6.07, 6.45) is 0. The van der Waals surface area contributed by atoms with Crippen molar-refractivity contribution in [2.75, 3.05) is 13.2 Å². The van der Waals surface area contributed by atoms with Crippen molar-refractivity contribution < 1.29 is 28.2 Å². The van der Waals surface area contributed by atoms with Crippen LogP contribution in [0.25, 0.3) is 0 Å². The maximum Gasteiger partial charge on any atom is 0.344 e. The second kappa shape index (κ2) is 8.42. The molecule has 0 heterocycles. The van der Waals surface area contributed by atoms with Crippen molar-refractivity contribution in [2.45, 2.75) is 0 Å². The molecule has 0 radical (unpaired) electrons. The van der Waals surface area contributed by atoms with Gasteiger partial charge in [0.15, 0.2) is 13.2 Å². The van der Waals surface area contributed by atoms with Crippen molar-refractivity contribution in [3.8, 4) is 5.75 Å². The van der Waals surface area contributed by atoms with Crippen molar-refractivity contribution in [1.29, 1.82) is 0 Å². The van der Waals surface area contributed by atoms with Gasteiger partial charge in [-0.25, -0.2) is 9.18 Å². The van der Waals surface area contributed by atoms with Crippen molar-refractivity contribution >= 4 is 17.8 Å². The van der Waals surface area contributed by atoms with E-state index in [1.54, 1.807) is 30.3 Å². The number of rotatable bonds is 6. The molecule has 24 heavy (non-hydrogen) atoms. The third kappa shape index (κ3) is 5.53. The molecule has 124 valence electrons. The number of esters is 1. The van der Waals surface area contributed by atoms with Crippen LogP contribution in [0.2, 0.25) is 0 Å². The van der Waals surface area contributed by atoms with Gasteiger partial charge in [0.25, 0.3) is 11.8 Å². The molecule has 0 aliphatic carbocycles. The lowest BCUT2D eigenvalue weighted by Gasteiger charge is -2.07. The Hall–Kier alpha value is -3.22. The molecule has 6 nitrogen and oxygen atoms in total. The minimum Gasteiger partial charge on any atom is -0.482 e. The van der Waals surface area contributed by atoms with E-state index >= 15 is 0 Å². The predicted molar refractivity (Wildman–Crippen MR) is 81.8 cm³/mol. The number of carbonyl (C=O) groups is 3. The largest absolute Gasteiger partial charge is 0.482 e. The number of ether oxygens (including phenoxy) is 2. The van der Waals surface area contributed by atoms with Crippen molar-refractivity contribution in [1.82, 2.24) is 5.32 Å². The van der Waals surface area contributed by atoms with Crippen LogP contribution in [0.1, 0.15) is 10.4 Å².